The van der Waals surface area contributed by atoms with Crippen LogP contribution in [-0.2, 0) is 46.0 Å². The van der Waals surface area contributed by atoms with Crippen LogP contribution in [0.4, 0.5) is 0 Å². The molecule has 0 bridgehead atoms. The molecule has 0 saturated carbocycles. The van der Waals surface area contributed by atoms with E-state index < -0.39 is 10.4 Å². The summed E-state index contributed by atoms with van der Waals surface area (Å²) in [5.74, 6) is 0. The van der Waals surface area contributed by atoms with E-state index in [0.717, 1.165) is 0 Å². The smallest absolute Gasteiger partial charge is 0.264 e. The Kier molecular flexibility index (Phi) is 24.1. The van der Waals surface area contributed by atoms with Crippen molar-refractivity contribution >= 4 is 27.8 Å². The Bertz CT molecular complexity index is 99.2. The maximum absolute atomic E-state index is 8.74. The second-order valence-corrected chi connectivity index (χ2v) is 1.34. The second kappa shape index (κ2) is 8.51. The summed E-state index contributed by atoms with van der Waals surface area (Å²) in [4.78, 5) is 0. The molecule has 0 rings (SSSR count). The van der Waals surface area contributed by atoms with Crippen molar-refractivity contribution in [2.45, 2.75) is 0 Å². The van der Waals surface area contributed by atoms with Gasteiger partial charge in [0, 0.05) is 35.6 Å². The second-order valence-electron chi connectivity index (χ2n) is 0.448. The summed E-state index contributed by atoms with van der Waals surface area (Å²) < 4.78 is 31.6. The summed E-state index contributed by atoms with van der Waals surface area (Å²) in [6.07, 6.45) is 0. The van der Waals surface area contributed by atoms with Crippen molar-refractivity contribution in [1.29, 1.82) is 0 Å². The van der Waals surface area contributed by atoms with E-state index in [1.807, 2.05) is 0 Å². The first kappa shape index (κ1) is 22.7. The van der Waals surface area contributed by atoms with Gasteiger partial charge in [0.15, 0.2) is 17.4 Å². The van der Waals surface area contributed by atoms with Crippen LogP contribution >= 0.6 is 0 Å². The fourth-order valence-corrected chi connectivity index (χ4v) is 0. The normalized spacial score (nSPS) is 7.25. The minimum atomic E-state index is -4.67. The van der Waals surface area contributed by atoms with Gasteiger partial charge in [-0.1, -0.05) is 0 Å². The van der Waals surface area contributed by atoms with Crippen molar-refractivity contribution in [3.05, 3.63) is 0 Å². The van der Waals surface area contributed by atoms with E-state index in [1.54, 1.807) is 0 Å². The molecule has 0 aromatic rings. The average Bonchev–Trinajstić information content (AvgIpc) is 0.722. The summed E-state index contributed by atoms with van der Waals surface area (Å²) in [5.41, 5.74) is 0. The van der Waals surface area contributed by atoms with Crippen LogP contribution in [-0.4, -0.2) is 34.9 Å². The quantitative estimate of drug-likeness (QED) is 0.381. The summed E-state index contributed by atoms with van der Waals surface area (Å²) in [7, 11) is -4.67. The molecule has 8 heavy (non-hydrogen) atoms. The molecule has 0 fully saturated rings. The Morgan fingerprint density at radius 3 is 1.12 bits per heavy atom. The van der Waals surface area contributed by atoms with Crippen LogP contribution in [0.15, 0.2) is 0 Å². The van der Waals surface area contributed by atoms with Gasteiger partial charge in [0.25, 0.3) is 0 Å². The molecule has 2 radical (unpaired) electrons. The van der Waals surface area contributed by atoms with Gasteiger partial charge in [-0.3, -0.25) is 9.11 Å². The summed E-state index contributed by atoms with van der Waals surface area (Å²) in [5, 5.41) is 0. The van der Waals surface area contributed by atoms with Crippen LogP contribution in [0.1, 0.15) is 0 Å². The Hall–Kier alpha value is 1.51. The topological polar surface area (TPSA) is 74.6 Å². The molecule has 0 amide bonds. The standard InChI is InChI=1S/Al.Mn.H2O4S.V.3H/c;;1-5(2,3)4;;;;/h;;(H2,1,2,3,4);;;;. The summed E-state index contributed by atoms with van der Waals surface area (Å²) in [6.45, 7) is 0. The first-order chi connectivity index (χ1) is 2.00. The SMILES string of the molecule is O=S(=O)(O)O.[AlH3].[Mn].[V]. The molecular formula is H5AlMnO4SV. The van der Waals surface area contributed by atoms with E-state index in [4.69, 9.17) is 17.5 Å². The molecule has 50 valence electrons. The van der Waals surface area contributed by atoms with Crippen molar-refractivity contribution in [3.63, 3.8) is 0 Å². The summed E-state index contributed by atoms with van der Waals surface area (Å²) >= 11 is 0. The van der Waals surface area contributed by atoms with Crippen LogP contribution in [0.2, 0.25) is 0 Å². The fraction of sp³-hybridized carbons (Fsp3) is 0. The Morgan fingerprint density at radius 2 is 1.12 bits per heavy atom. The van der Waals surface area contributed by atoms with Gasteiger partial charge in [0.05, 0.1) is 0 Å². The van der Waals surface area contributed by atoms with Gasteiger partial charge < -0.3 is 0 Å². The predicted molar refractivity (Wildman–Crippen MR) is 24.1 cm³/mol. The van der Waals surface area contributed by atoms with E-state index >= 15 is 0 Å². The van der Waals surface area contributed by atoms with Crippen molar-refractivity contribution in [1.82, 2.24) is 0 Å². The third-order valence-corrected chi connectivity index (χ3v) is 0. The molecule has 0 aromatic carbocycles. The molecule has 4 nitrogen and oxygen atoms in total. The first-order valence-corrected chi connectivity index (χ1v) is 2.10. The monoisotopic (exact) mass is 234 g/mol. The third-order valence-electron chi connectivity index (χ3n) is 0. The van der Waals surface area contributed by atoms with E-state index in [2.05, 4.69) is 0 Å². The largest absolute Gasteiger partial charge is 0.394 e. The van der Waals surface area contributed by atoms with Crippen molar-refractivity contribution in [3.8, 4) is 0 Å². The van der Waals surface area contributed by atoms with Gasteiger partial charge in [0.1, 0.15) is 0 Å². The van der Waals surface area contributed by atoms with E-state index in [0.29, 0.717) is 0 Å². The molecule has 0 aliphatic rings. The van der Waals surface area contributed by atoms with Crippen molar-refractivity contribution in [2.75, 3.05) is 0 Å². The fourth-order valence-electron chi connectivity index (χ4n) is 0. The van der Waals surface area contributed by atoms with Gasteiger partial charge in [-0.2, -0.15) is 8.42 Å². The van der Waals surface area contributed by atoms with E-state index in [1.165, 1.54) is 0 Å². The molecule has 0 aromatic heterocycles. The van der Waals surface area contributed by atoms with Crippen LogP contribution in [0.5, 0.6) is 0 Å². The van der Waals surface area contributed by atoms with E-state index in [-0.39, 0.29) is 53.0 Å². The predicted octanol–water partition coefficient (Wildman–Crippen LogP) is -1.84. The van der Waals surface area contributed by atoms with Crippen LogP contribution < -0.4 is 0 Å². The van der Waals surface area contributed by atoms with Crippen LogP contribution in [0, 0.1) is 0 Å². The van der Waals surface area contributed by atoms with Gasteiger partial charge in [-0.25, -0.2) is 0 Å². The van der Waals surface area contributed by atoms with Gasteiger partial charge in [-0.15, -0.1) is 0 Å². The maximum Gasteiger partial charge on any atom is 0.394 e. The van der Waals surface area contributed by atoms with Crippen LogP contribution in [0.25, 0.3) is 0 Å². The molecule has 0 atom stereocenters. The molecule has 0 spiro atoms. The molecule has 0 unspecified atom stereocenters. The van der Waals surface area contributed by atoms with E-state index in [9.17, 15) is 0 Å². The zero-order valence-corrected chi connectivity index (χ0v) is 6.34. The average molecular weight is 234 g/mol. The van der Waals surface area contributed by atoms with Gasteiger partial charge >= 0.3 is 10.4 Å². The Labute approximate surface area is 80.5 Å². The molecule has 8 heteroatoms. The van der Waals surface area contributed by atoms with Crippen molar-refractivity contribution in [2.24, 2.45) is 0 Å². The number of rotatable bonds is 0. The van der Waals surface area contributed by atoms with Crippen LogP contribution in [0.3, 0.4) is 0 Å². The molecule has 0 saturated heterocycles. The zero-order chi connectivity index (χ0) is 4.50. The molecule has 0 aliphatic heterocycles. The summed E-state index contributed by atoms with van der Waals surface area (Å²) in [6, 6.07) is 0. The zero-order valence-electron chi connectivity index (χ0n) is 2.94. The molecule has 0 aliphatic carbocycles. The third kappa shape index (κ3) is 140. The molecule has 2 N–H and O–H groups in total. The minimum Gasteiger partial charge on any atom is -0.264 e. The van der Waals surface area contributed by atoms with Crippen molar-refractivity contribution < 1.29 is 53.1 Å². The Balaban J connectivity index is -0.0000000267. The molecular weight excluding hydrogens is 229 g/mol. The number of hydrogen-bond acceptors (Lipinski definition) is 2. The number of hydrogen-bond donors (Lipinski definition) is 2. The maximum atomic E-state index is 8.74. The van der Waals surface area contributed by atoms with Gasteiger partial charge in [0.2, 0.25) is 0 Å². The van der Waals surface area contributed by atoms with Gasteiger partial charge in [-0.05, 0) is 0 Å². The Morgan fingerprint density at radius 1 is 1.12 bits per heavy atom. The molecule has 0 heterocycles. The first-order valence-electron chi connectivity index (χ1n) is 0.698. The minimum absolute atomic E-state index is 0.